The minimum Gasteiger partial charge on any atom is -0.480 e. The first-order valence-corrected chi connectivity index (χ1v) is 14.1. The van der Waals surface area contributed by atoms with E-state index in [9.17, 15) is 24.3 Å². The lowest BCUT2D eigenvalue weighted by Crippen LogP contribution is -2.49. The number of carbonyl (C=O) groups is 4. The molecule has 0 spiro atoms. The van der Waals surface area contributed by atoms with Gasteiger partial charge in [0, 0.05) is 58.9 Å². The molecule has 1 saturated heterocycles. The average molecular weight is 576 g/mol. The Morgan fingerprint density at radius 2 is 1.02 bits per heavy atom. The van der Waals surface area contributed by atoms with Gasteiger partial charge in [0.2, 0.25) is 0 Å². The van der Waals surface area contributed by atoms with Gasteiger partial charge in [-0.25, -0.2) is 0 Å². The molecule has 2 atom stereocenters. The van der Waals surface area contributed by atoms with Crippen molar-refractivity contribution < 1.29 is 44.7 Å². The van der Waals surface area contributed by atoms with E-state index in [1.165, 1.54) is 32.1 Å². The first-order chi connectivity index (χ1) is 18.8. The fourth-order valence-electron chi connectivity index (χ4n) is 5.07. The molecule has 232 valence electrons. The number of aliphatic hydroxyl groups excluding tert-OH is 1. The van der Waals surface area contributed by atoms with Crippen LogP contribution < -0.4 is 5.73 Å². The van der Waals surface area contributed by atoms with Gasteiger partial charge >= 0.3 is 23.9 Å². The third-order valence-corrected chi connectivity index (χ3v) is 7.16. The molecule has 1 saturated carbocycles. The van der Waals surface area contributed by atoms with Crippen LogP contribution in [0.15, 0.2) is 0 Å². The van der Waals surface area contributed by atoms with E-state index < -0.39 is 36.0 Å². The summed E-state index contributed by atoms with van der Waals surface area (Å²) in [7, 11) is 0. The van der Waals surface area contributed by atoms with Gasteiger partial charge < -0.3 is 31.3 Å². The van der Waals surface area contributed by atoms with Crippen molar-refractivity contribution in [2.75, 3.05) is 78.5 Å². The lowest BCUT2D eigenvalue weighted by Gasteiger charge is -2.33. The van der Waals surface area contributed by atoms with Gasteiger partial charge in [-0.1, -0.05) is 32.1 Å². The highest BCUT2D eigenvalue weighted by Gasteiger charge is 2.21. The van der Waals surface area contributed by atoms with Crippen LogP contribution in [0.3, 0.4) is 0 Å². The van der Waals surface area contributed by atoms with Crippen molar-refractivity contribution in [1.82, 2.24) is 19.6 Å². The van der Waals surface area contributed by atoms with Crippen molar-refractivity contribution in [3.8, 4) is 0 Å². The van der Waals surface area contributed by atoms with Crippen LogP contribution >= 0.6 is 0 Å². The Kier molecular flexibility index (Phi) is 17.5. The number of carboxylic acids is 4. The van der Waals surface area contributed by atoms with Crippen LogP contribution in [0.2, 0.25) is 0 Å². The van der Waals surface area contributed by atoms with Crippen molar-refractivity contribution in [3.05, 3.63) is 0 Å². The average Bonchev–Trinajstić information content (AvgIpc) is 2.85. The van der Waals surface area contributed by atoms with Gasteiger partial charge in [-0.15, -0.1) is 0 Å². The quantitative estimate of drug-likeness (QED) is 0.178. The number of aliphatic carboxylic acids is 4. The molecular formula is C26H49N5O9. The molecule has 2 aliphatic rings. The second-order valence-electron chi connectivity index (χ2n) is 10.8. The lowest BCUT2D eigenvalue weighted by atomic mass is 9.85. The molecule has 14 nitrogen and oxygen atoms in total. The predicted molar refractivity (Wildman–Crippen MR) is 147 cm³/mol. The number of aliphatic hydroxyl groups is 1. The molecule has 7 N–H and O–H groups in total. The van der Waals surface area contributed by atoms with E-state index in [2.05, 4.69) is 0 Å². The van der Waals surface area contributed by atoms with Crippen LogP contribution in [0.5, 0.6) is 0 Å². The third kappa shape index (κ3) is 17.4. The molecule has 40 heavy (non-hydrogen) atoms. The van der Waals surface area contributed by atoms with Gasteiger partial charge in [0.05, 0.1) is 25.7 Å². The highest BCUT2D eigenvalue weighted by molar-refractivity contribution is 5.73. The lowest BCUT2D eigenvalue weighted by molar-refractivity contribution is -0.140. The van der Waals surface area contributed by atoms with Gasteiger partial charge in [-0.3, -0.25) is 38.8 Å². The molecule has 0 aromatic heterocycles. The zero-order valence-corrected chi connectivity index (χ0v) is 23.7. The SMILES string of the molecule is CC(O)CN1CCN(CC(=O)O)CCN(CC(=O)O)CCN(CC(=O)O)CC1.NC(CC1CCCCC1)C(=O)O. The van der Waals surface area contributed by atoms with Gasteiger partial charge in [-0.05, 0) is 19.3 Å². The Morgan fingerprint density at radius 3 is 1.32 bits per heavy atom. The Morgan fingerprint density at radius 1 is 0.675 bits per heavy atom. The largest absolute Gasteiger partial charge is 0.480 e. The Balaban J connectivity index is 0.000000552. The van der Waals surface area contributed by atoms with Crippen molar-refractivity contribution >= 4 is 23.9 Å². The van der Waals surface area contributed by atoms with Crippen LogP contribution in [0, 0.1) is 5.92 Å². The van der Waals surface area contributed by atoms with Crippen molar-refractivity contribution in [2.24, 2.45) is 11.7 Å². The molecule has 0 amide bonds. The summed E-state index contributed by atoms with van der Waals surface area (Å²) in [4.78, 5) is 51.0. The zero-order valence-electron chi connectivity index (χ0n) is 23.7. The van der Waals surface area contributed by atoms with Crippen LogP contribution in [0.4, 0.5) is 0 Å². The van der Waals surface area contributed by atoms with Gasteiger partial charge in [0.15, 0.2) is 0 Å². The molecule has 0 aromatic carbocycles. The maximum absolute atomic E-state index is 11.1. The number of hydrogen-bond donors (Lipinski definition) is 6. The highest BCUT2D eigenvalue weighted by atomic mass is 16.4. The van der Waals surface area contributed by atoms with Crippen LogP contribution in [0.25, 0.3) is 0 Å². The number of nitrogens with zero attached hydrogens (tertiary/aromatic N) is 4. The van der Waals surface area contributed by atoms with E-state index in [1.54, 1.807) is 21.6 Å². The predicted octanol–water partition coefficient (Wildman–Crippen LogP) is -0.789. The van der Waals surface area contributed by atoms with Crippen molar-refractivity contribution in [2.45, 2.75) is 57.6 Å². The molecule has 0 radical (unpaired) electrons. The maximum atomic E-state index is 11.1. The summed E-state index contributed by atoms with van der Waals surface area (Å²) >= 11 is 0. The maximum Gasteiger partial charge on any atom is 0.320 e. The molecule has 1 heterocycles. The first-order valence-electron chi connectivity index (χ1n) is 14.1. The summed E-state index contributed by atoms with van der Waals surface area (Å²) in [5.74, 6) is -3.19. The van der Waals surface area contributed by atoms with E-state index in [4.69, 9.17) is 26.2 Å². The summed E-state index contributed by atoms with van der Waals surface area (Å²) in [5, 5.41) is 45.7. The van der Waals surface area contributed by atoms with E-state index >= 15 is 0 Å². The Hall–Kier alpha value is -2.36. The van der Waals surface area contributed by atoms with E-state index in [-0.39, 0.29) is 19.6 Å². The van der Waals surface area contributed by atoms with Gasteiger partial charge in [-0.2, -0.15) is 0 Å². The molecule has 1 aliphatic heterocycles. The third-order valence-electron chi connectivity index (χ3n) is 7.16. The molecule has 1 aliphatic carbocycles. The van der Waals surface area contributed by atoms with Gasteiger partial charge in [0.1, 0.15) is 6.04 Å². The zero-order chi connectivity index (χ0) is 30.1. The number of rotatable bonds is 11. The molecule has 2 rings (SSSR count). The second kappa shape index (κ2) is 19.7. The molecule has 2 unspecified atom stereocenters. The standard InChI is InChI=1S/C17H32N4O7.C9H17NO2/c1-14(22)10-18-2-4-19(11-15(23)24)6-8-21(13-17(27)28)9-7-20(5-3-18)12-16(25)26;10-8(9(11)12)6-7-4-2-1-3-5-7/h14,22H,2-13H2,1H3,(H,23,24)(H,25,26)(H,27,28);7-8H,1-6,10H2,(H,11,12). The van der Waals surface area contributed by atoms with Crippen LogP contribution in [-0.2, 0) is 19.2 Å². The minimum absolute atomic E-state index is 0.144. The smallest absolute Gasteiger partial charge is 0.320 e. The fraction of sp³-hybridized carbons (Fsp3) is 0.846. The summed E-state index contributed by atoms with van der Waals surface area (Å²) < 4.78 is 0. The van der Waals surface area contributed by atoms with Crippen LogP contribution in [0.1, 0.15) is 45.4 Å². The van der Waals surface area contributed by atoms with Crippen molar-refractivity contribution in [1.29, 1.82) is 0 Å². The fourth-order valence-corrected chi connectivity index (χ4v) is 5.07. The van der Waals surface area contributed by atoms with E-state index in [0.29, 0.717) is 71.2 Å². The molecular weight excluding hydrogens is 526 g/mol. The summed E-state index contributed by atoms with van der Waals surface area (Å²) in [5.41, 5.74) is 5.45. The number of nitrogens with two attached hydrogens (primary N) is 1. The highest BCUT2D eigenvalue weighted by Crippen LogP contribution is 2.26. The number of carboxylic acid groups (broad SMARTS) is 4. The van der Waals surface area contributed by atoms with Crippen LogP contribution in [-0.4, -0.2) is 160 Å². The summed E-state index contributed by atoms with van der Waals surface area (Å²) in [6, 6.07) is -0.645. The number of hydrogen-bond acceptors (Lipinski definition) is 10. The topological polar surface area (TPSA) is 208 Å². The first kappa shape index (κ1) is 35.7. The Labute approximate surface area is 236 Å². The molecule has 14 heteroatoms. The summed E-state index contributed by atoms with van der Waals surface area (Å²) in [6.45, 7) is 5.10. The number of β-amino-alcohol motifs (C(OH)–C–C–N with tert-alkyl or cyclic N) is 1. The molecule has 0 bridgehead atoms. The van der Waals surface area contributed by atoms with Crippen molar-refractivity contribution in [3.63, 3.8) is 0 Å². The second-order valence-corrected chi connectivity index (χ2v) is 10.8. The van der Waals surface area contributed by atoms with Gasteiger partial charge in [0.25, 0.3) is 0 Å². The molecule has 0 aromatic rings. The van der Waals surface area contributed by atoms with E-state index in [1.807, 2.05) is 4.90 Å². The monoisotopic (exact) mass is 575 g/mol. The summed E-state index contributed by atoms with van der Waals surface area (Å²) in [6.07, 6.45) is 6.24. The minimum atomic E-state index is -0.982. The Bertz CT molecular complexity index is 748. The normalized spacial score (nSPS) is 21.2. The molecule has 2 fully saturated rings. The van der Waals surface area contributed by atoms with E-state index in [0.717, 1.165) is 0 Å².